The number of thiazole rings is 1. The number of carbonyl (C=O) groups is 1. The second-order valence-electron chi connectivity index (χ2n) is 3.76. The molecule has 0 unspecified atom stereocenters. The topological polar surface area (TPSA) is 68.6 Å². The van der Waals surface area contributed by atoms with Gasteiger partial charge in [-0.1, -0.05) is 30.3 Å². The van der Waals surface area contributed by atoms with Crippen molar-refractivity contribution in [3.63, 3.8) is 0 Å². The molecule has 0 saturated heterocycles. The Morgan fingerprint density at radius 3 is 2.60 bits per heavy atom. The molecule has 1 aromatic carbocycles. The van der Waals surface area contributed by atoms with E-state index in [0.717, 1.165) is 5.56 Å². The molecule has 0 bridgehead atoms. The zero-order valence-electron chi connectivity index (χ0n) is 10.7. The maximum Gasteiger partial charge on any atom is 1.00 e. The number of benzene rings is 1. The van der Waals surface area contributed by atoms with Crippen LogP contribution in [0.2, 0.25) is 0 Å². The number of hydrogen-bond acceptors (Lipinski definition) is 5. The van der Waals surface area contributed by atoms with Gasteiger partial charge in [0.05, 0.1) is 0 Å². The van der Waals surface area contributed by atoms with Gasteiger partial charge in [-0.2, -0.15) is 0 Å². The van der Waals surface area contributed by atoms with E-state index in [-0.39, 0.29) is 57.1 Å². The minimum Gasteiger partial charge on any atom is -0.876 e. The Balaban J connectivity index is 0.00000147. The Morgan fingerprint density at radius 2 is 2.00 bits per heavy atom. The van der Waals surface area contributed by atoms with E-state index >= 15 is 0 Å². The van der Waals surface area contributed by atoms with Crippen molar-refractivity contribution in [2.75, 3.05) is 4.90 Å². The molecule has 0 aliphatic carbocycles. The minimum atomic E-state index is -0.441. The van der Waals surface area contributed by atoms with E-state index in [0.29, 0.717) is 17.2 Å². The van der Waals surface area contributed by atoms with Gasteiger partial charge in [-0.05, 0) is 0 Å². The molecule has 20 heavy (non-hydrogen) atoms. The van der Waals surface area contributed by atoms with Crippen LogP contribution in [0.4, 0.5) is 5.13 Å². The Bertz CT molecular complexity index is 668. The van der Waals surface area contributed by atoms with Gasteiger partial charge in [-0.15, -0.1) is 17.6 Å². The molecule has 1 aliphatic rings. The molecule has 1 aromatic heterocycles. The van der Waals surface area contributed by atoms with Gasteiger partial charge < -0.3 is 5.11 Å². The number of anilines is 1. The predicted molar refractivity (Wildman–Crippen MR) is 70.7 cm³/mol. The van der Waals surface area contributed by atoms with E-state index in [1.807, 2.05) is 30.3 Å². The van der Waals surface area contributed by atoms with Crippen molar-refractivity contribution in [1.29, 1.82) is 0 Å². The Labute approximate surface area is 162 Å². The number of nitrogens with zero attached hydrogens (tertiary/aromatic N) is 3. The van der Waals surface area contributed by atoms with Crippen LogP contribution in [0.3, 0.4) is 0 Å². The molecule has 7 heteroatoms. The average Bonchev–Trinajstić information content (AvgIpc) is 3.07. The average molecular weight is 309 g/mol. The van der Waals surface area contributed by atoms with Gasteiger partial charge >= 0.3 is 51.4 Å². The van der Waals surface area contributed by atoms with Gasteiger partial charge in [0, 0.05) is 17.1 Å². The molecule has 0 saturated carbocycles. The number of rotatable bonds is 2. The number of hydrogen-bond donors (Lipinski definition) is 0. The number of amides is 1. The zero-order valence-corrected chi connectivity index (χ0v) is 14.6. The van der Waals surface area contributed by atoms with Crippen LogP contribution in [0.25, 0.3) is 0 Å². The molecule has 0 fully saturated rings. The first-order valence-electron chi connectivity index (χ1n) is 5.51. The fraction of sp³-hybridized carbons (Fsp3) is 0. The van der Waals surface area contributed by atoms with Crippen LogP contribution in [0.15, 0.2) is 58.9 Å². The number of aliphatic imine (C=N–C) groups is 1. The molecule has 5 nitrogen and oxygen atoms in total. The van der Waals surface area contributed by atoms with Gasteiger partial charge in [-0.25, -0.2) is 14.9 Å². The van der Waals surface area contributed by atoms with E-state index < -0.39 is 5.91 Å². The van der Waals surface area contributed by atoms with E-state index in [4.69, 9.17) is 0 Å². The summed E-state index contributed by atoms with van der Waals surface area (Å²) in [5.74, 6) is -0.00791. The zero-order chi connectivity index (χ0) is 13.2. The monoisotopic (exact) mass is 309 g/mol. The fourth-order valence-electron chi connectivity index (χ4n) is 1.78. The molecule has 1 aliphatic heterocycles. The smallest absolute Gasteiger partial charge is 0.876 e. The summed E-state index contributed by atoms with van der Waals surface area (Å²) in [4.78, 5) is 21.7. The van der Waals surface area contributed by atoms with Crippen molar-refractivity contribution in [2.45, 2.75) is 0 Å². The van der Waals surface area contributed by atoms with E-state index in [9.17, 15) is 9.90 Å². The molecule has 3 rings (SSSR count). The minimum absolute atomic E-state index is 0. The molecule has 2 aromatic rings. The maximum atomic E-state index is 12.1. The van der Waals surface area contributed by atoms with Crippen LogP contribution in [0.1, 0.15) is 5.56 Å². The number of aromatic nitrogens is 1. The van der Waals surface area contributed by atoms with Gasteiger partial charge in [0.2, 0.25) is 0 Å². The quantitative estimate of drug-likeness (QED) is 0.371. The second kappa shape index (κ2) is 6.75. The first-order valence-corrected chi connectivity index (χ1v) is 6.39. The SMILES string of the molecule is O=C1/C(=C/[O-])N=C(c2ccccc2)N1c1nccs1.[K+]. The summed E-state index contributed by atoms with van der Waals surface area (Å²) < 4.78 is 0. The molecule has 2 heterocycles. The molecule has 1 amide bonds. The third kappa shape index (κ3) is 2.78. The standard InChI is InChI=1S/C13H9N3O2S.K/c17-8-10-12(18)16(13-14-6-7-19-13)11(15-10)9-4-2-1-3-5-9;/h1-8,17H;/q;+1/p-1/b10-8-;. The third-order valence-corrected chi connectivity index (χ3v) is 3.37. The second-order valence-corrected chi connectivity index (χ2v) is 4.63. The van der Waals surface area contributed by atoms with Crippen molar-refractivity contribution >= 4 is 28.2 Å². The van der Waals surface area contributed by atoms with Crippen LogP contribution in [-0.2, 0) is 4.79 Å². The largest absolute Gasteiger partial charge is 1.00 e. The van der Waals surface area contributed by atoms with Gasteiger partial charge in [0.15, 0.2) is 5.13 Å². The van der Waals surface area contributed by atoms with Crippen molar-refractivity contribution in [3.05, 3.63) is 59.4 Å². The summed E-state index contributed by atoms with van der Waals surface area (Å²) in [6, 6.07) is 9.24. The van der Waals surface area contributed by atoms with Crippen molar-refractivity contribution in [3.8, 4) is 0 Å². The van der Waals surface area contributed by atoms with Gasteiger partial charge in [0.1, 0.15) is 11.5 Å². The first-order chi connectivity index (χ1) is 9.31. The first kappa shape index (κ1) is 15.6. The number of carbonyl (C=O) groups excluding carboxylic acids is 1. The Morgan fingerprint density at radius 1 is 1.25 bits per heavy atom. The summed E-state index contributed by atoms with van der Waals surface area (Å²) in [7, 11) is 0. The molecule has 0 atom stereocenters. The molecular weight excluding hydrogens is 301 g/mol. The summed E-state index contributed by atoms with van der Waals surface area (Å²) in [5.41, 5.74) is 0.664. The van der Waals surface area contributed by atoms with E-state index in [1.54, 1.807) is 11.6 Å². The van der Waals surface area contributed by atoms with Gasteiger partial charge in [0.25, 0.3) is 5.91 Å². The molecule has 0 radical (unpaired) electrons. The molecular formula is C13H8KN3O2S. The van der Waals surface area contributed by atoms with Crippen molar-refractivity contribution < 1.29 is 61.3 Å². The van der Waals surface area contributed by atoms with E-state index in [2.05, 4.69) is 9.98 Å². The van der Waals surface area contributed by atoms with Crippen LogP contribution in [-0.4, -0.2) is 16.7 Å². The predicted octanol–water partition coefficient (Wildman–Crippen LogP) is -1.86. The van der Waals surface area contributed by atoms with Crippen LogP contribution < -0.4 is 61.4 Å². The Kier molecular flexibility index (Phi) is 5.25. The molecule has 0 spiro atoms. The summed E-state index contributed by atoms with van der Waals surface area (Å²) in [5, 5.41) is 13.2. The van der Waals surface area contributed by atoms with Crippen molar-refractivity contribution in [1.82, 2.24) is 4.98 Å². The van der Waals surface area contributed by atoms with Gasteiger partial charge in [-0.3, -0.25) is 4.79 Å². The maximum absolute atomic E-state index is 12.1. The summed E-state index contributed by atoms with van der Waals surface area (Å²) >= 11 is 1.32. The normalized spacial score (nSPS) is 16.2. The number of amidine groups is 1. The third-order valence-electron chi connectivity index (χ3n) is 2.61. The van der Waals surface area contributed by atoms with Crippen molar-refractivity contribution in [2.24, 2.45) is 4.99 Å². The Hall–Kier alpha value is -0.834. The molecule has 0 N–H and O–H groups in total. The van der Waals surface area contributed by atoms with Crippen LogP contribution in [0, 0.1) is 0 Å². The van der Waals surface area contributed by atoms with E-state index in [1.165, 1.54) is 16.2 Å². The summed E-state index contributed by atoms with van der Waals surface area (Å²) in [6.07, 6.45) is 2.08. The van der Waals surface area contributed by atoms with Crippen LogP contribution >= 0.6 is 11.3 Å². The fourth-order valence-corrected chi connectivity index (χ4v) is 2.42. The van der Waals surface area contributed by atoms with Crippen LogP contribution in [0.5, 0.6) is 0 Å². The molecule has 94 valence electrons. The summed E-state index contributed by atoms with van der Waals surface area (Å²) in [6.45, 7) is 0.